The molecule has 0 saturated carbocycles. The molecule has 0 bridgehead atoms. The van der Waals surface area contributed by atoms with E-state index in [1.54, 1.807) is 19.1 Å². The summed E-state index contributed by atoms with van der Waals surface area (Å²) in [5.74, 6) is -0.278. The van der Waals surface area contributed by atoms with Crippen molar-refractivity contribution >= 4 is 39.8 Å². The van der Waals surface area contributed by atoms with Crippen molar-refractivity contribution in [3.63, 3.8) is 0 Å². The molecule has 7 heteroatoms. The van der Waals surface area contributed by atoms with Crippen LogP contribution >= 0.6 is 22.9 Å². The molecule has 2 aromatic carbocycles. The molecule has 0 fully saturated rings. The fourth-order valence-electron chi connectivity index (χ4n) is 3.10. The molecule has 0 aliphatic carbocycles. The molecule has 0 radical (unpaired) electrons. The summed E-state index contributed by atoms with van der Waals surface area (Å²) >= 11 is 7.46. The lowest BCUT2D eigenvalue weighted by Crippen LogP contribution is -2.21. The van der Waals surface area contributed by atoms with Crippen molar-refractivity contribution in [3.8, 4) is 16.9 Å². The monoisotopic (exact) mass is 457 g/mol. The lowest BCUT2D eigenvalue weighted by Gasteiger charge is -2.11. The van der Waals surface area contributed by atoms with Gasteiger partial charge in [0, 0.05) is 16.0 Å². The largest absolute Gasteiger partial charge is 0.484 e. The van der Waals surface area contributed by atoms with E-state index in [1.165, 1.54) is 11.3 Å². The zero-order valence-electron chi connectivity index (χ0n) is 17.9. The van der Waals surface area contributed by atoms with Crippen molar-refractivity contribution in [3.05, 3.63) is 69.1 Å². The maximum atomic E-state index is 12.6. The Balaban J connectivity index is 1.79. The highest BCUT2D eigenvalue weighted by atomic mass is 35.5. The number of ether oxygens (including phenoxy) is 2. The third-order valence-corrected chi connectivity index (χ3v) is 6.16. The summed E-state index contributed by atoms with van der Waals surface area (Å²) in [5, 5.41) is 5.75. The number of thiophene rings is 1. The summed E-state index contributed by atoms with van der Waals surface area (Å²) in [6.45, 7) is 7.56. The maximum Gasteiger partial charge on any atom is 0.341 e. The van der Waals surface area contributed by atoms with Crippen molar-refractivity contribution in [1.82, 2.24) is 0 Å². The van der Waals surface area contributed by atoms with E-state index in [2.05, 4.69) is 5.32 Å². The number of nitrogens with one attached hydrogen (secondary N) is 1. The standard InChI is InChI=1S/C24H24ClNO4S/c1-5-29-24(28)21-19(17-8-6-14(2)7-9-17)13-31-23(21)26-20(27)12-30-18-10-15(3)22(25)16(4)11-18/h6-11,13H,5,12H2,1-4H3,(H,26,27). The SMILES string of the molecule is CCOC(=O)c1c(-c2ccc(C)cc2)csc1NC(=O)COc1cc(C)c(Cl)c(C)c1. The summed E-state index contributed by atoms with van der Waals surface area (Å²) in [4.78, 5) is 25.2. The second-order valence-electron chi connectivity index (χ2n) is 7.15. The molecule has 0 saturated heterocycles. The Kier molecular flexibility index (Phi) is 7.36. The smallest absolute Gasteiger partial charge is 0.341 e. The molecule has 0 atom stereocenters. The first kappa shape index (κ1) is 22.8. The molecule has 162 valence electrons. The molecule has 5 nitrogen and oxygen atoms in total. The first-order chi connectivity index (χ1) is 14.8. The molecule has 1 amide bonds. The zero-order chi connectivity index (χ0) is 22.5. The van der Waals surface area contributed by atoms with Crippen LogP contribution in [0.15, 0.2) is 41.8 Å². The van der Waals surface area contributed by atoms with E-state index in [0.717, 1.165) is 27.8 Å². The normalized spacial score (nSPS) is 10.6. The molecule has 0 aliphatic rings. The van der Waals surface area contributed by atoms with Crippen LogP contribution in [0.1, 0.15) is 34.0 Å². The first-order valence-electron chi connectivity index (χ1n) is 9.85. The summed E-state index contributed by atoms with van der Waals surface area (Å²) in [7, 11) is 0. The third kappa shape index (κ3) is 5.46. The van der Waals surface area contributed by atoms with Gasteiger partial charge in [-0.15, -0.1) is 11.3 Å². The summed E-state index contributed by atoms with van der Waals surface area (Å²) in [6.07, 6.45) is 0. The van der Waals surface area contributed by atoms with E-state index in [4.69, 9.17) is 21.1 Å². The van der Waals surface area contributed by atoms with Crippen LogP contribution in [0, 0.1) is 20.8 Å². The number of benzene rings is 2. The molecular weight excluding hydrogens is 434 g/mol. The fraction of sp³-hybridized carbons (Fsp3) is 0.250. The minimum absolute atomic E-state index is 0.194. The molecular formula is C24H24ClNO4S. The second kappa shape index (κ2) is 9.98. The minimum atomic E-state index is -0.473. The Morgan fingerprint density at radius 2 is 1.71 bits per heavy atom. The highest BCUT2D eigenvalue weighted by Gasteiger charge is 2.23. The van der Waals surface area contributed by atoms with E-state index in [9.17, 15) is 9.59 Å². The number of rotatable bonds is 7. The molecule has 31 heavy (non-hydrogen) atoms. The highest BCUT2D eigenvalue weighted by molar-refractivity contribution is 7.15. The van der Waals surface area contributed by atoms with Crippen molar-refractivity contribution < 1.29 is 19.1 Å². The molecule has 3 aromatic rings. The van der Waals surface area contributed by atoms with Gasteiger partial charge >= 0.3 is 5.97 Å². The van der Waals surface area contributed by atoms with Crippen LogP contribution in [0.25, 0.3) is 11.1 Å². The van der Waals surface area contributed by atoms with Gasteiger partial charge in [0.05, 0.1) is 6.61 Å². The van der Waals surface area contributed by atoms with Crippen LogP contribution < -0.4 is 10.1 Å². The Morgan fingerprint density at radius 1 is 1.06 bits per heavy atom. The number of anilines is 1. The number of amides is 1. The number of carbonyl (C=O) groups excluding carboxylic acids is 2. The van der Waals surface area contributed by atoms with Gasteiger partial charge in [0.2, 0.25) is 0 Å². The molecule has 3 rings (SSSR count). The van der Waals surface area contributed by atoms with Crippen molar-refractivity contribution in [2.75, 3.05) is 18.5 Å². The van der Waals surface area contributed by atoms with Crippen LogP contribution in [0.2, 0.25) is 5.02 Å². The molecule has 1 N–H and O–H groups in total. The minimum Gasteiger partial charge on any atom is -0.484 e. The van der Waals surface area contributed by atoms with Gasteiger partial charge in [-0.05, 0) is 56.5 Å². The van der Waals surface area contributed by atoms with Crippen LogP contribution in [-0.2, 0) is 9.53 Å². The first-order valence-corrected chi connectivity index (χ1v) is 11.1. The van der Waals surface area contributed by atoms with Gasteiger partial charge < -0.3 is 14.8 Å². The lowest BCUT2D eigenvalue weighted by atomic mass is 10.0. The van der Waals surface area contributed by atoms with Crippen molar-refractivity contribution in [1.29, 1.82) is 0 Å². The average Bonchev–Trinajstić information content (AvgIpc) is 3.14. The number of aryl methyl sites for hydroxylation is 3. The Bertz CT molecular complexity index is 1080. The highest BCUT2D eigenvalue weighted by Crippen LogP contribution is 2.36. The van der Waals surface area contributed by atoms with Crippen LogP contribution in [0.5, 0.6) is 5.75 Å². The Morgan fingerprint density at radius 3 is 2.32 bits per heavy atom. The van der Waals surface area contributed by atoms with Gasteiger partial charge in [-0.1, -0.05) is 41.4 Å². The van der Waals surface area contributed by atoms with Gasteiger partial charge in [-0.3, -0.25) is 4.79 Å². The van der Waals surface area contributed by atoms with E-state index in [0.29, 0.717) is 21.3 Å². The van der Waals surface area contributed by atoms with E-state index in [-0.39, 0.29) is 19.1 Å². The van der Waals surface area contributed by atoms with Crippen molar-refractivity contribution in [2.24, 2.45) is 0 Å². The Labute approximate surface area is 191 Å². The summed E-state index contributed by atoms with van der Waals surface area (Å²) in [6, 6.07) is 11.4. The predicted octanol–water partition coefficient (Wildman–Crippen LogP) is 6.19. The average molecular weight is 458 g/mol. The third-order valence-electron chi connectivity index (χ3n) is 4.67. The molecule has 0 spiro atoms. The van der Waals surface area contributed by atoms with Gasteiger partial charge in [-0.2, -0.15) is 0 Å². The molecule has 0 unspecified atom stereocenters. The van der Waals surface area contributed by atoms with Gasteiger partial charge in [0.25, 0.3) is 5.91 Å². The summed E-state index contributed by atoms with van der Waals surface area (Å²) < 4.78 is 10.9. The summed E-state index contributed by atoms with van der Waals surface area (Å²) in [5.41, 5.74) is 4.83. The number of carbonyl (C=O) groups is 2. The maximum absolute atomic E-state index is 12.6. The lowest BCUT2D eigenvalue weighted by molar-refractivity contribution is -0.118. The number of hydrogen-bond acceptors (Lipinski definition) is 5. The zero-order valence-corrected chi connectivity index (χ0v) is 19.4. The van der Waals surface area contributed by atoms with Crippen molar-refractivity contribution in [2.45, 2.75) is 27.7 Å². The van der Waals surface area contributed by atoms with E-state index >= 15 is 0 Å². The molecule has 1 heterocycles. The number of esters is 1. The molecule has 0 aliphatic heterocycles. The van der Waals surface area contributed by atoms with E-state index in [1.807, 2.05) is 50.4 Å². The van der Waals surface area contributed by atoms with E-state index < -0.39 is 5.97 Å². The quantitative estimate of drug-likeness (QED) is 0.430. The second-order valence-corrected chi connectivity index (χ2v) is 8.41. The van der Waals surface area contributed by atoms with Crippen LogP contribution in [-0.4, -0.2) is 25.1 Å². The molecule has 1 aromatic heterocycles. The van der Waals surface area contributed by atoms with Crippen LogP contribution in [0.4, 0.5) is 5.00 Å². The van der Waals surface area contributed by atoms with Crippen LogP contribution in [0.3, 0.4) is 0 Å². The fourth-order valence-corrected chi connectivity index (χ4v) is 4.19. The van der Waals surface area contributed by atoms with Gasteiger partial charge in [-0.25, -0.2) is 4.79 Å². The predicted molar refractivity (Wildman–Crippen MR) is 125 cm³/mol. The van der Waals surface area contributed by atoms with Gasteiger partial charge in [0.15, 0.2) is 6.61 Å². The Hall–Kier alpha value is -2.83. The van der Waals surface area contributed by atoms with Gasteiger partial charge in [0.1, 0.15) is 16.3 Å². The number of halogens is 1. The number of hydrogen-bond donors (Lipinski definition) is 1. The topological polar surface area (TPSA) is 64.6 Å².